The SMILES string of the molecule is CCCC1(CNCC2CCOC2CC)CCCNC1. The molecule has 0 bridgehead atoms. The topological polar surface area (TPSA) is 33.3 Å². The minimum atomic E-state index is 0.499. The molecule has 3 heteroatoms. The van der Waals surface area contributed by atoms with Crippen molar-refractivity contribution >= 4 is 0 Å². The Kier molecular flexibility index (Phi) is 6.11. The van der Waals surface area contributed by atoms with Crippen molar-refractivity contribution in [3.8, 4) is 0 Å². The van der Waals surface area contributed by atoms with Crippen LogP contribution in [-0.2, 0) is 4.74 Å². The molecule has 3 atom stereocenters. The van der Waals surface area contributed by atoms with Crippen molar-refractivity contribution in [3.63, 3.8) is 0 Å². The maximum Gasteiger partial charge on any atom is 0.0613 e. The van der Waals surface area contributed by atoms with Crippen LogP contribution >= 0.6 is 0 Å². The van der Waals surface area contributed by atoms with Gasteiger partial charge < -0.3 is 15.4 Å². The van der Waals surface area contributed by atoms with E-state index in [1.165, 1.54) is 51.7 Å². The first kappa shape index (κ1) is 15.3. The average Bonchev–Trinajstić information content (AvgIpc) is 2.88. The predicted octanol–water partition coefficient (Wildman–Crippen LogP) is 2.56. The standard InChI is InChI=1S/C16H32N2O/c1-3-7-16(8-5-9-17-12-16)13-18-11-14-6-10-19-15(14)4-2/h14-15,17-18H,3-13H2,1-2H3. The van der Waals surface area contributed by atoms with Crippen molar-refractivity contribution in [1.82, 2.24) is 10.6 Å². The summed E-state index contributed by atoms with van der Waals surface area (Å²) in [7, 11) is 0. The highest BCUT2D eigenvalue weighted by Crippen LogP contribution is 2.31. The molecule has 0 radical (unpaired) electrons. The average molecular weight is 268 g/mol. The summed E-state index contributed by atoms with van der Waals surface area (Å²) < 4.78 is 5.78. The molecule has 0 saturated carbocycles. The molecule has 2 saturated heterocycles. The molecule has 112 valence electrons. The highest BCUT2D eigenvalue weighted by Gasteiger charge is 2.32. The summed E-state index contributed by atoms with van der Waals surface area (Å²) in [6.07, 6.45) is 8.28. The zero-order valence-corrected chi connectivity index (χ0v) is 12.8. The highest BCUT2D eigenvalue weighted by molar-refractivity contribution is 4.88. The Morgan fingerprint density at radius 1 is 1.37 bits per heavy atom. The molecular weight excluding hydrogens is 236 g/mol. The van der Waals surface area contributed by atoms with E-state index in [4.69, 9.17) is 4.74 Å². The molecule has 2 rings (SSSR count). The molecule has 3 unspecified atom stereocenters. The van der Waals surface area contributed by atoms with Gasteiger partial charge in [-0.15, -0.1) is 0 Å². The number of hydrogen-bond donors (Lipinski definition) is 2. The van der Waals surface area contributed by atoms with Gasteiger partial charge in [0.1, 0.15) is 0 Å². The van der Waals surface area contributed by atoms with Crippen molar-refractivity contribution in [2.75, 3.05) is 32.8 Å². The lowest BCUT2D eigenvalue weighted by Gasteiger charge is -2.38. The van der Waals surface area contributed by atoms with Gasteiger partial charge in [0, 0.05) is 26.2 Å². The maximum absolute atomic E-state index is 5.78. The lowest BCUT2D eigenvalue weighted by atomic mass is 9.77. The first-order valence-electron chi connectivity index (χ1n) is 8.33. The van der Waals surface area contributed by atoms with Crippen LogP contribution in [0.4, 0.5) is 0 Å². The fourth-order valence-electron chi connectivity index (χ4n) is 3.91. The summed E-state index contributed by atoms with van der Waals surface area (Å²) in [5.74, 6) is 0.736. The molecule has 2 fully saturated rings. The Morgan fingerprint density at radius 2 is 2.26 bits per heavy atom. The van der Waals surface area contributed by atoms with Gasteiger partial charge in [-0.25, -0.2) is 0 Å². The third-order valence-electron chi connectivity index (χ3n) is 5.00. The second kappa shape index (κ2) is 7.61. The summed E-state index contributed by atoms with van der Waals surface area (Å²) in [5, 5.41) is 7.36. The van der Waals surface area contributed by atoms with E-state index in [0.29, 0.717) is 11.5 Å². The molecule has 2 heterocycles. The maximum atomic E-state index is 5.78. The molecule has 19 heavy (non-hydrogen) atoms. The van der Waals surface area contributed by atoms with Gasteiger partial charge in [-0.05, 0) is 50.0 Å². The Morgan fingerprint density at radius 3 is 2.95 bits per heavy atom. The number of ether oxygens (including phenoxy) is 1. The fourth-order valence-corrected chi connectivity index (χ4v) is 3.91. The smallest absolute Gasteiger partial charge is 0.0613 e. The molecule has 0 amide bonds. The van der Waals surface area contributed by atoms with E-state index in [-0.39, 0.29) is 0 Å². The molecule has 2 aliphatic heterocycles. The van der Waals surface area contributed by atoms with Crippen LogP contribution in [0.5, 0.6) is 0 Å². The fraction of sp³-hybridized carbons (Fsp3) is 1.00. The molecule has 0 aromatic carbocycles. The summed E-state index contributed by atoms with van der Waals surface area (Å²) in [5.41, 5.74) is 0.508. The van der Waals surface area contributed by atoms with Crippen molar-refractivity contribution < 1.29 is 4.74 Å². The van der Waals surface area contributed by atoms with E-state index in [2.05, 4.69) is 24.5 Å². The van der Waals surface area contributed by atoms with E-state index in [9.17, 15) is 0 Å². The lowest BCUT2D eigenvalue weighted by Crippen LogP contribution is -2.47. The van der Waals surface area contributed by atoms with E-state index in [0.717, 1.165) is 25.5 Å². The summed E-state index contributed by atoms with van der Waals surface area (Å²) in [4.78, 5) is 0. The Hall–Kier alpha value is -0.120. The van der Waals surface area contributed by atoms with E-state index in [1.807, 2.05) is 0 Å². The molecule has 3 nitrogen and oxygen atoms in total. The zero-order valence-electron chi connectivity index (χ0n) is 12.8. The lowest BCUT2D eigenvalue weighted by molar-refractivity contribution is 0.0855. The third-order valence-corrected chi connectivity index (χ3v) is 5.00. The van der Waals surface area contributed by atoms with Gasteiger partial charge >= 0.3 is 0 Å². The third kappa shape index (κ3) is 4.17. The summed E-state index contributed by atoms with van der Waals surface area (Å²) >= 11 is 0. The van der Waals surface area contributed by atoms with Crippen LogP contribution < -0.4 is 10.6 Å². The van der Waals surface area contributed by atoms with E-state index >= 15 is 0 Å². The van der Waals surface area contributed by atoms with Gasteiger partial charge in [0.25, 0.3) is 0 Å². The van der Waals surface area contributed by atoms with Gasteiger partial charge in [0.2, 0.25) is 0 Å². The second-order valence-electron chi connectivity index (χ2n) is 6.53. The minimum absolute atomic E-state index is 0.499. The quantitative estimate of drug-likeness (QED) is 0.744. The summed E-state index contributed by atoms with van der Waals surface area (Å²) in [6.45, 7) is 10.3. The number of piperidine rings is 1. The number of rotatable bonds is 7. The largest absolute Gasteiger partial charge is 0.378 e. The van der Waals surface area contributed by atoms with Gasteiger partial charge in [-0.2, -0.15) is 0 Å². The molecular formula is C16H32N2O. The first-order valence-corrected chi connectivity index (χ1v) is 8.33. The van der Waals surface area contributed by atoms with Gasteiger partial charge in [0.05, 0.1) is 6.10 Å². The van der Waals surface area contributed by atoms with E-state index < -0.39 is 0 Å². The molecule has 2 N–H and O–H groups in total. The summed E-state index contributed by atoms with van der Waals surface area (Å²) in [6, 6.07) is 0. The normalized spacial score (nSPS) is 35.7. The minimum Gasteiger partial charge on any atom is -0.378 e. The van der Waals surface area contributed by atoms with Crippen molar-refractivity contribution in [1.29, 1.82) is 0 Å². The predicted molar refractivity (Wildman–Crippen MR) is 80.5 cm³/mol. The van der Waals surface area contributed by atoms with Crippen LogP contribution in [0.1, 0.15) is 52.4 Å². The van der Waals surface area contributed by atoms with Crippen LogP contribution in [-0.4, -0.2) is 38.9 Å². The molecule has 2 aliphatic rings. The van der Waals surface area contributed by atoms with E-state index in [1.54, 1.807) is 0 Å². The number of hydrogen-bond acceptors (Lipinski definition) is 3. The molecule has 0 aliphatic carbocycles. The van der Waals surface area contributed by atoms with Gasteiger partial charge in [-0.1, -0.05) is 20.3 Å². The first-order chi connectivity index (χ1) is 9.29. The molecule has 0 aromatic heterocycles. The number of nitrogens with one attached hydrogen (secondary N) is 2. The Labute approximate surface area is 118 Å². The van der Waals surface area contributed by atoms with Crippen LogP contribution in [0, 0.1) is 11.3 Å². The zero-order chi connectivity index (χ0) is 13.6. The van der Waals surface area contributed by atoms with Crippen LogP contribution in [0.3, 0.4) is 0 Å². The van der Waals surface area contributed by atoms with Crippen molar-refractivity contribution in [2.45, 2.75) is 58.5 Å². The molecule has 0 aromatic rings. The van der Waals surface area contributed by atoms with Gasteiger partial charge in [-0.3, -0.25) is 0 Å². The second-order valence-corrected chi connectivity index (χ2v) is 6.53. The van der Waals surface area contributed by atoms with Crippen LogP contribution in [0.15, 0.2) is 0 Å². The van der Waals surface area contributed by atoms with Crippen molar-refractivity contribution in [3.05, 3.63) is 0 Å². The monoisotopic (exact) mass is 268 g/mol. The Balaban J connectivity index is 1.75. The van der Waals surface area contributed by atoms with Crippen molar-refractivity contribution in [2.24, 2.45) is 11.3 Å². The highest BCUT2D eigenvalue weighted by atomic mass is 16.5. The molecule has 0 spiro atoms. The van der Waals surface area contributed by atoms with Crippen LogP contribution in [0.2, 0.25) is 0 Å². The Bertz CT molecular complexity index is 246. The van der Waals surface area contributed by atoms with Gasteiger partial charge in [0.15, 0.2) is 0 Å². The van der Waals surface area contributed by atoms with Crippen LogP contribution in [0.25, 0.3) is 0 Å².